The first-order valence-corrected chi connectivity index (χ1v) is 3.17. The summed E-state index contributed by atoms with van der Waals surface area (Å²) < 4.78 is 5.40. The number of nitrogens with zero attached hydrogens (tertiary/aromatic N) is 1. The Labute approximate surface area is 57.0 Å². The zero-order valence-electron chi connectivity index (χ0n) is 6.55. The molecule has 0 rings (SSSR count). The molecule has 0 saturated heterocycles. The average molecular weight is 133 g/mol. The molecule has 0 bridgehead atoms. The Morgan fingerprint density at radius 3 is 2.33 bits per heavy atom. The lowest BCUT2D eigenvalue weighted by molar-refractivity contribution is -0.902. The van der Waals surface area contributed by atoms with Gasteiger partial charge in [0.25, 0.3) is 0 Å². The maximum atomic E-state index is 5.66. The van der Waals surface area contributed by atoms with E-state index >= 15 is 0 Å². The van der Waals surface area contributed by atoms with Crippen LogP contribution in [-0.4, -0.2) is 38.9 Å². The maximum Gasteiger partial charge on any atom is 0.0978 e. The molecule has 56 valence electrons. The number of hydrogen-bond acceptors (Lipinski definition) is 2. The van der Waals surface area contributed by atoms with Gasteiger partial charge < -0.3 is 4.74 Å². The first-order valence-electron chi connectivity index (χ1n) is 3.17. The predicted octanol–water partition coefficient (Wildman–Crippen LogP) is -0.0270. The molecule has 2 N–H and O–H groups in total. The number of rotatable bonds is 4. The van der Waals surface area contributed by atoms with Crippen molar-refractivity contribution >= 4 is 0 Å². The van der Waals surface area contributed by atoms with Crippen LogP contribution in [0.4, 0.5) is 0 Å². The van der Waals surface area contributed by atoms with E-state index in [1.807, 2.05) is 14.1 Å². The van der Waals surface area contributed by atoms with E-state index in [-0.39, 0.29) is 0 Å². The van der Waals surface area contributed by atoms with Gasteiger partial charge in [0.2, 0.25) is 0 Å². The number of hydrogen-bond donors (Lipinski definition) is 1. The molecule has 0 unspecified atom stereocenters. The van der Waals surface area contributed by atoms with Crippen LogP contribution in [0.25, 0.3) is 0 Å². The Morgan fingerprint density at radius 1 is 1.44 bits per heavy atom. The predicted molar refractivity (Wildman–Crippen MR) is 37.7 cm³/mol. The van der Waals surface area contributed by atoms with Gasteiger partial charge in [-0.2, -0.15) is 5.84 Å². The molecule has 0 atom stereocenters. The number of methoxy groups -OCH3 is 1. The third-order valence-electron chi connectivity index (χ3n) is 1.08. The lowest BCUT2D eigenvalue weighted by Gasteiger charge is -2.21. The molecule has 0 aliphatic heterocycles. The molecule has 0 spiro atoms. The quantitative estimate of drug-likeness (QED) is 0.253. The van der Waals surface area contributed by atoms with E-state index in [0.29, 0.717) is 4.59 Å². The molecule has 0 aromatic rings. The van der Waals surface area contributed by atoms with Gasteiger partial charge in [-0.25, -0.2) is 0 Å². The molecule has 0 aromatic heterocycles. The minimum absolute atomic E-state index is 0.531. The summed E-state index contributed by atoms with van der Waals surface area (Å²) in [5.41, 5.74) is 0. The summed E-state index contributed by atoms with van der Waals surface area (Å²) in [5.74, 6) is 5.66. The fourth-order valence-corrected chi connectivity index (χ4v) is 0.616. The topological polar surface area (TPSA) is 35.2 Å². The lowest BCUT2D eigenvalue weighted by atomic mass is 10.4. The molecule has 0 amide bonds. The largest absolute Gasteiger partial charge is 0.384 e. The van der Waals surface area contributed by atoms with Crippen LogP contribution in [0, 0.1) is 0 Å². The Bertz CT molecular complexity index is 67.9. The van der Waals surface area contributed by atoms with E-state index in [1.165, 1.54) is 0 Å². The summed E-state index contributed by atoms with van der Waals surface area (Å²) in [5, 5.41) is 0. The van der Waals surface area contributed by atoms with Crippen molar-refractivity contribution in [3.05, 3.63) is 0 Å². The highest BCUT2D eigenvalue weighted by atomic mass is 16.5. The van der Waals surface area contributed by atoms with Gasteiger partial charge in [-0.15, -0.1) is 0 Å². The first-order chi connectivity index (χ1) is 4.06. The van der Waals surface area contributed by atoms with Gasteiger partial charge in [0.15, 0.2) is 0 Å². The number of nitrogens with two attached hydrogens (primary N) is 1. The Balaban J connectivity index is 3.07. The molecule has 3 heteroatoms. The second-order valence-electron chi connectivity index (χ2n) is 2.85. The Morgan fingerprint density at radius 2 is 2.00 bits per heavy atom. The Kier molecular flexibility index (Phi) is 3.77. The Hall–Kier alpha value is -0.120. The highest BCUT2D eigenvalue weighted by molar-refractivity contribution is 4.29. The molecule has 0 aromatic carbocycles. The third kappa shape index (κ3) is 7.88. The van der Waals surface area contributed by atoms with E-state index in [9.17, 15) is 0 Å². The van der Waals surface area contributed by atoms with Gasteiger partial charge in [-0.1, -0.05) is 0 Å². The van der Waals surface area contributed by atoms with Crippen LogP contribution in [0.1, 0.15) is 6.42 Å². The molecular formula is C6H17N2O+. The fraction of sp³-hybridized carbons (Fsp3) is 1.00. The van der Waals surface area contributed by atoms with Crippen LogP contribution in [0.15, 0.2) is 0 Å². The van der Waals surface area contributed by atoms with Gasteiger partial charge in [-0.3, -0.25) is 4.59 Å². The number of quaternary nitrogens is 1. The lowest BCUT2D eigenvalue weighted by Crippen LogP contribution is -2.47. The van der Waals surface area contributed by atoms with Crippen LogP contribution in [0.3, 0.4) is 0 Å². The average Bonchev–Trinajstić information content (AvgIpc) is 1.63. The SMILES string of the molecule is COCCC[N+](C)(C)N. The second kappa shape index (κ2) is 3.82. The van der Waals surface area contributed by atoms with Gasteiger partial charge in [0, 0.05) is 13.5 Å². The molecule has 0 aliphatic rings. The van der Waals surface area contributed by atoms with Crippen molar-refractivity contribution in [2.75, 3.05) is 34.4 Å². The molecule has 0 heterocycles. The zero-order chi connectivity index (χ0) is 7.33. The molecule has 0 aliphatic carbocycles. The summed E-state index contributed by atoms with van der Waals surface area (Å²) in [6.45, 7) is 1.77. The van der Waals surface area contributed by atoms with Crippen molar-refractivity contribution < 1.29 is 9.33 Å². The van der Waals surface area contributed by atoms with E-state index in [1.54, 1.807) is 7.11 Å². The smallest absolute Gasteiger partial charge is 0.0978 e. The van der Waals surface area contributed by atoms with Crippen LogP contribution in [0.5, 0.6) is 0 Å². The summed E-state index contributed by atoms with van der Waals surface area (Å²) in [6.07, 6.45) is 1.03. The zero-order valence-corrected chi connectivity index (χ0v) is 6.55. The molecular weight excluding hydrogens is 116 g/mol. The summed E-state index contributed by atoms with van der Waals surface area (Å²) in [7, 11) is 5.64. The van der Waals surface area contributed by atoms with E-state index in [0.717, 1.165) is 19.6 Å². The van der Waals surface area contributed by atoms with Crippen LogP contribution < -0.4 is 5.84 Å². The van der Waals surface area contributed by atoms with Crippen molar-refractivity contribution in [1.82, 2.24) is 0 Å². The van der Waals surface area contributed by atoms with Crippen LogP contribution in [0.2, 0.25) is 0 Å². The molecule has 0 radical (unpaired) electrons. The van der Waals surface area contributed by atoms with Gasteiger partial charge in [-0.05, 0) is 0 Å². The minimum atomic E-state index is 0.531. The minimum Gasteiger partial charge on any atom is -0.384 e. The monoisotopic (exact) mass is 133 g/mol. The van der Waals surface area contributed by atoms with Gasteiger partial charge in [0.1, 0.15) is 0 Å². The van der Waals surface area contributed by atoms with Crippen molar-refractivity contribution in [2.45, 2.75) is 6.42 Å². The normalized spacial score (nSPS) is 12.0. The van der Waals surface area contributed by atoms with Crippen molar-refractivity contribution in [1.29, 1.82) is 0 Å². The van der Waals surface area contributed by atoms with Crippen LogP contribution >= 0.6 is 0 Å². The molecule has 0 saturated carbocycles. The van der Waals surface area contributed by atoms with Gasteiger partial charge in [0.05, 0.1) is 27.2 Å². The summed E-state index contributed by atoms with van der Waals surface area (Å²) >= 11 is 0. The second-order valence-corrected chi connectivity index (χ2v) is 2.85. The summed E-state index contributed by atoms with van der Waals surface area (Å²) in [6, 6.07) is 0. The first kappa shape index (κ1) is 8.88. The number of ether oxygens (including phenoxy) is 1. The molecule has 9 heavy (non-hydrogen) atoms. The van der Waals surface area contributed by atoms with E-state index in [2.05, 4.69) is 0 Å². The third-order valence-corrected chi connectivity index (χ3v) is 1.08. The van der Waals surface area contributed by atoms with E-state index in [4.69, 9.17) is 10.6 Å². The van der Waals surface area contributed by atoms with Crippen molar-refractivity contribution in [3.8, 4) is 0 Å². The molecule has 0 fully saturated rings. The van der Waals surface area contributed by atoms with Crippen molar-refractivity contribution in [2.24, 2.45) is 5.84 Å². The van der Waals surface area contributed by atoms with Crippen molar-refractivity contribution in [3.63, 3.8) is 0 Å². The maximum absolute atomic E-state index is 5.66. The highest BCUT2D eigenvalue weighted by Crippen LogP contribution is 1.88. The van der Waals surface area contributed by atoms with Gasteiger partial charge >= 0.3 is 0 Å². The fourth-order valence-electron chi connectivity index (χ4n) is 0.616. The van der Waals surface area contributed by atoms with Crippen LogP contribution in [-0.2, 0) is 4.74 Å². The molecule has 3 nitrogen and oxygen atoms in total. The van der Waals surface area contributed by atoms with E-state index < -0.39 is 0 Å². The standard InChI is InChI=1S/C6H17N2O/c1-8(2,7)5-4-6-9-3/h4-7H2,1-3H3/q+1. The summed E-state index contributed by atoms with van der Waals surface area (Å²) in [4.78, 5) is 0. The highest BCUT2D eigenvalue weighted by Gasteiger charge is 2.05.